The Morgan fingerprint density at radius 3 is 2.86 bits per heavy atom. The fourth-order valence-corrected chi connectivity index (χ4v) is 4.65. The van der Waals surface area contributed by atoms with Crippen molar-refractivity contribution >= 4 is 22.6 Å². The van der Waals surface area contributed by atoms with Gasteiger partial charge in [-0.1, -0.05) is 6.92 Å². The molecule has 3 aromatic rings. The third kappa shape index (κ3) is 2.70. The van der Waals surface area contributed by atoms with Crippen LogP contribution in [0.2, 0.25) is 0 Å². The van der Waals surface area contributed by atoms with Crippen LogP contribution in [0.25, 0.3) is 16.7 Å². The number of H-pyrrole nitrogens is 1. The summed E-state index contributed by atoms with van der Waals surface area (Å²) < 4.78 is 2.22. The lowest BCUT2D eigenvalue weighted by atomic mass is 9.86. The Balaban J connectivity index is 1.53. The minimum Gasteiger partial charge on any atom is -0.345 e. The minimum absolute atomic E-state index is 0.267. The summed E-state index contributed by atoms with van der Waals surface area (Å²) in [7, 11) is 0. The van der Waals surface area contributed by atoms with Gasteiger partial charge in [0.25, 0.3) is 0 Å². The summed E-state index contributed by atoms with van der Waals surface area (Å²) in [6, 6.07) is 2.05. The highest BCUT2D eigenvalue weighted by Gasteiger charge is 2.34. The lowest BCUT2D eigenvalue weighted by Crippen LogP contribution is -2.49. The molecule has 0 spiro atoms. The molecule has 0 aliphatic carbocycles. The molecule has 2 fully saturated rings. The van der Waals surface area contributed by atoms with Crippen molar-refractivity contribution in [1.82, 2.24) is 29.2 Å². The highest BCUT2D eigenvalue weighted by atomic mass is 15.4. The van der Waals surface area contributed by atoms with E-state index in [1.54, 1.807) is 0 Å². The number of hydrogen-bond donors (Lipinski definition) is 1. The predicted molar refractivity (Wildman–Crippen MR) is 107 cm³/mol. The van der Waals surface area contributed by atoms with Crippen LogP contribution in [-0.2, 0) is 0 Å². The summed E-state index contributed by atoms with van der Waals surface area (Å²) in [6.45, 7) is 6.03. The number of rotatable bonds is 1. The summed E-state index contributed by atoms with van der Waals surface area (Å²) in [6.07, 6.45) is 11.1. The molecule has 0 aromatic carbocycles. The summed E-state index contributed by atoms with van der Waals surface area (Å²) in [5.74, 6) is 2.68. The number of nitriles is 1. The van der Waals surface area contributed by atoms with Crippen molar-refractivity contribution in [3.8, 4) is 6.19 Å². The zero-order valence-corrected chi connectivity index (χ0v) is 16.0. The molecule has 2 saturated heterocycles. The molecule has 0 radical (unpaired) electrons. The highest BCUT2D eigenvalue weighted by molar-refractivity contribution is 5.81. The van der Waals surface area contributed by atoms with Gasteiger partial charge in [-0.15, -0.1) is 4.99 Å². The van der Waals surface area contributed by atoms with E-state index in [2.05, 4.69) is 42.2 Å². The van der Waals surface area contributed by atoms with Gasteiger partial charge in [-0.25, -0.2) is 9.97 Å². The second kappa shape index (κ2) is 6.82. The van der Waals surface area contributed by atoms with Gasteiger partial charge in [-0.05, 0) is 31.2 Å². The smallest absolute Gasteiger partial charge is 0.212 e. The Bertz CT molecular complexity index is 1060. The number of likely N-dealkylation sites (tertiary alicyclic amines) is 2. The molecule has 3 aromatic heterocycles. The molecule has 5 rings (SSSR count). The molecular weight excluding hydrogens is 352 g/mol. The molecule has 0 bridgehead atoms. The maximum absolute atomic E-state index is 9.25. The van der Waals surface area contributed by atoms with Gasteiger partial charge in [-0.3, -0.25) is 4.40 Å². The van der Waals surface area contributed by atoms with Crippen LogP contribution in [0, 0.1) is 17.4 Å². The number of aliphatic imine (C=N–C) groups is 1. The molecule has 2 atom stereocenters. The molecule has 5 heterocycles. The number of nitrogens with one attached hydrogen (secondary N) is 1. The van der Waals surface area contributed by atoms with E-state index in [4.69, 9.17) is 4.98 Å². The van der Waals surface area contributed by atoms with E-state index in [0.29, 0.717) is 5.92 Å². The average Bonchev–Trinajstić information content (AvgIpc) is 3.45. The maximum atomic E-state index is 9.25. The Kier molecular flexibility index (Phi) is 4.15. The first-order valence-corrected chi connectivity index (χ1v) is 10.0. The van der Waals surface area contributed by atoms with Crippen molar-refractivity contribution < 1.29 is 0 Å². The highest BCUT2D eigenvalue weighted by Crippen LogP contribution is 2.33. The van der Waals surface area contributed by atoms with Gasteiger partial charge in [0.2, 0.25) is 12.2 Å². The van der Waals surface area contributed by atoms with Crippen molar-refractivity contribution in [2.45, 2.75) is 32.1 Å². The quantitative estimate of drug-likeness (QED) is 0.401. The number of fused-ring (bicyclic) bond motifs is 3. The number of hydrogen-bond acceptors (Lipinski definition) is 4. The number of aromatic amines is 1. The summed E-state index contributed by atoms with van der Waals surface area (Å²) >= 11 is 0. The molecule has 8 heteroatoms. The van der Waals surface area contributed by atoms with Gasteiger partial charge in [0.15, 0.2) is 5.65 Å². The van der Waals surface area contributed by atoms with Crippen LogP contribution in [0.1, 0.15) is 37.9 Å². The molecule has 0 amide bonds. The number of guanidine groups is 1. The summed E-state index contributed by atoms with van der Waals surface area (Å²) in [5.41, 5.74) is 2.94. The normalized spacial score (nSPS) is 23.6. The number of imidazole rings is 1. The van der Waals surface area contributed by atoms with Crippen molar-refractivity contribution in [2.75, 3.05) is 26.2 Å². The monoisotopic (exact) mass is 376 g/mol. The van der Waals surface area contributed by atoms with E-state index in [1.165, 1.54) is 12.8 Å². The second-order valence-electron chi connectivity index (χ2n) is 7.87. The maximum Gasteiger partial charge on any atom is 0.212 e. The molecule has 2 aliphatic heterocycles. The van der Waals surface area contributed by atoms with Crippen molar-refractivity contribution in [3.63, 3.8) is 0 Å². The van der Waals surface area contributed by atoms with Gasteiger partial charge < -0.3 is 14.8 Å². The van der Waals surface area contributed by atoms with E-state index in [0.717, 1.165) is 61.1 Å². The largest absolute Gasteiger partial charge is 0.345 e. The van der Waals surface area contributed by atoms with Gasteiger partial charge >= 0.3 is 0 Å². The SMILES string of the molecule is C[C@@H]1CCN(/C(=N/C#N)N2CCCC2)C[C@@H]1c1ncc2cnc3[nH]ccc3n12. The topological polar surface area (TPSA) is 88.6 Å². The van der Waals surface area contributed by atoms with Gasteiger partial charge in [0.1, 0.15) is 5.82 Å². The fourth-order valence-electron chi connectivity index (χ4n) is 4.65. The van der Waals surface area contributed by atoms with E-state index >= 15 is 0 Å². The van der Waals surface area contributed by atoms with Crippen LogP contribution >= 0.6 is 0 Å². The van der Waals surface area contributed by atoms with E-state index in [9.17, 15) is 5.26 Å². The van der Waals surface area contributed by atoms with Crippen molar-refractivity contribution in [3.05, 3.63) is 30.5 Å². The zero-order valence-electron chi connectivity index (χ0n) is 16.0. The molecule has 28 heavy (non-hydrogen) atoms. The standard InChI is InChI=1S/C20H24N8/c1-14-5-9-27(20(25-13-21)26-7-2-3-8-26)12-16(14)19-24-11-15-10-23-18-17(28(15)19)4-6-22-18/h4,6,10-11,14,16,22H,2-3,5,7-9,12H2,1H3/b25-20+/t14-,16+/m1/s1. The van der Waals surface area contributed by atoms with Crippen LogP contribution in [0.15, 0.2) is 29.6 Å². The van der Waals surface area contributed by atoms with Crippen molar-refractivity contribution in [2.24, 2.45) is 10.9 Å². The third-order valence-electron chi connectivity index (χ3n) is 6.20. The lowest BCUT2D eigenvalue weighted by Gasteiger charge is -2.40. The molecule has 0 unspecified atom stereocenters. The van der Waals surface area contributed by atoms with Crippen LogP contribution in [0.3, 0.4) is 0 Å². The number of aromatic nitrogens is 4. The van der Waals surface area contributed by atoms with E-state index in [-0.39, 0.29) is 5.92 Å². The molecule has 0 saturated carbocycles. The first-order valence-electron chi connectivity index (χ1n) is 10.0. The zero-order chi connectivity index (χ0) is 19.1. The Labute approximate surface area is 163 Å². The van der Waals surface area contributed by atoms with Gasteiger partial charge in [0.05, 0.1) is 23.4 Å². The van der Waals surface area contributed by atoms with Gasteiger partial charge in [-0.2, -0.15) is 5.26 Å². The Morgan fingerprint density at radius 1 is 1.21 bits per heavy atom. The molecule has 1 N–H and O–H groups in total. The van der Waals surface area contributed by atoms with Crippen molar-refractivity contribution in [1.29, 1.82) is 5.26 Å². The van der Waals surface area contributed by atoms with Crippen LogP contribution < -0.4 is 0 Å². The molecular formula is C20H24N8. The third-order valence-corrected chi connectivity index (χ3v) is 6.20. The Hall–Kier alpha value is -3.08. The first kappa shape index (κ1) is 17.0. The Morgan fingerprint density at radius 2 is 2.04 bits per heavy atom. The second-order valence-corrected chi connectivity index (χ2v) is 7.87. The molecule has 144 valence electrons. The van der Waals surface area contributed by atoms with E-state index in [1.807, 2.05) is 24.8 Å². The lowest BCUT2D eigenvalue weighted by molar-refractivity contribution is 0.216. The van der Waals surface area contributed by atoms with Gasteiger partial charge in [0, 0.05) is 38.3 Å². The van der Waals surface area contributed by atoms with Crippen LogP contribution in [-0.4, -0.2) is 61.3 Å². The number of nitrogens with zero attached hydrogens (tertiary/aromatic N) is 7. The number of piperidine rings is 1. The fraction of sp³-hybridized carbons (Fsp3) is 0.500. The van der Waals surface area contributed by atoms with Crippen LogP contribution in [0.4, 0.5) is 0 Å². The predicted octanol–water partition coefficient (Wildman–Crippen LogP) is 2.57. The van der Waals surface area contributed by atoms with Crippen LogP contribution in [0.5, 0.6) is 0 Å². The minimum atomic E-state index is 0.267. The summed E-state index contributed by atoms with van der Waals surface area (Å²) in [4.78, 5) is 21.2. The molecule has 2 aliphatic rings. The van der Waals surface area contributed by atoms with E-state index < -0.39 is 0 Å². The molecule has 8 nitrogen and oxygen atoms in total. The first-order chi connectivity index (χ1) is 13.8. The summed E-state index contributed by atoms with van der Waals surface area (Å²) in [5, 5.41) is 9.25. The average molecular weight is 376 g/mol.